The molecule has 1 atom stereocenters. The summed E-state index contributed by atoms with van der Waals surface area (Å²) in [6.07, 6.45) is 3.32. The van der Waals surface area contributed by atoms with Crippen LogP contribution in [0.15, 0.2) is 0 Å². The Kier molecular flexibility index (Phi) is 4.94. The number of carbonyl (C=O) groups excluding carboxylic acids is 1. The van der Waals surface area contributed by atoms with Crippen LogP contribution in [0.1, 0.15) is 33.1 Å². The highest BCUT2D eigenvalue weighted by Gasteiger charge is 2.24. The molecule has 1 heterocycles. The van der Waals surface area contributed by atoms with Crippen LogP contribution in [0.3, 0.4) is 0 Å². The molecule has 0 saturated carbocycles. The van der Waals surface area contributed by atoms with Gasteiger partial charge in [0.25, 0.3) is 0 Å². The van der Waals surface area contributed by atoms with Gasteiger partial charge in [-0.15, -0.1) is 0 Å². The second kappa shape index (κ2) is 6.02. The Bertz CT molecular complexity index is 182. The molecule has 0 aromatic carbocycles. The number of piperidine rings is 1. The van der Waals surface area contributed by atoms with Gasteiger partial charge in [-0.3, -0.25) is 4.79 Å². The van der Waals surface area contributed by atoms with Crippen LogP contribution in [0.2, 0.25) is 0 Å². The molecule has 1 N–H and O–H groups in total. The van der Waals surface area contributed by atoms with E-state index in [1.165, 1.54) is 6.42 Å². The fraction of sp³-hybridized carbons (Fsp3) is 0.909. The third-order valence-electron chi connectivity index (χ3n) is 2.83. The number of nitrogens with one attached hydrogen (secondary N) is 1. The quantitative estimate of drug-likeness (QED) is 0.674. The van der Waals surface area contributed by atoms with Gasteiger partial charge >= 0.3 is 0 Å². The van der Waals surface area contributed by atoms with Crippen LogP contribution < -0.4 is 5.32 Å². The molecular formula is C11H22N2O. The molecule has 1 aliphatic rings. The van der Waals surface area contributed by atoms with Crippen molar-refractivity contribution < 1.29 is 4.79 Å². The maximum Gasteiger partial charge on any atom is 0.225 e. The number of hydrogen-bond donors (Lipinski definition) is 1. The van der Waals surface area contributed by atoms with Gasteiger partial charge in [-0.05, 0) is 32.4 Å². The number of carbonyl (C=O) groups is 1. The van der Waals surface area contributed by atoms with Crippen LogP contribution in [0.4, 0.5) is 0 Å². The zero-order valence-electron chi connectivity index (χ0n) is 9.38. The Morgan fingerprint density at radius 3 is 3.07 bits per heavy atom. The lowest BCUT2D eigenvalue weighted by Gasteiger charge is -2.30. The molecule has 0 bridgehead atoms. The molecule has 1 amide bonds. The molecule has 14 heavy (non-hydrogen) atoms. The third-order valence-corrected chi connectivity index (χ3v) is 2.83. The lowest BCUT2D eigenvalue weighted by atomic mass is 9.99. The van der Waals surface area contributed by atoms with Crippen LogP contribution >= 0.6 is 0 Å². The first-order valence-electron chi connectivity index (χ1n) is 5.75. The van der Waals surface area contributed by atoms with Gasteiger partial charge in [-0.2, -0.15) is 0 Å². The van der Waals surface area contributed by atoms with E-state index in [1.54, 1.807) is 0 Å². The zero-order valence-corrected chi connectivity index (χ0v) is 9.38. The Labute approximate surface area is 86.9 Å². The van der Waals surface area contributed by atoms with Gasteiger partial charge in [-0.1, -0.05) is 13.8 Å². The SMILES string of the molecule is CCNCCCN1CCCC(C)C1=O. The van der Waals surface area contributed by atoms with Crippen molar-refractivity contribution in [2.75, 3.05) is 26.2 Å². The van der Waals surface area contributed by atoms with Crippen molar-refractivity contribution >= 4 is 5.91 Å². The first-order chi connectivity index (χ1) is 6.75. The Balaban J connectivity index is 2.19. The highest BCUT2D eigenvalue weighted by Crippen LogP contribution is 2.16. The predicted molar refractivity (Wildman–Crippen MR) is 58.1 cm³/mol. The maximum absolute atomic E-state index is 11.7. The highest BCUT2D eigenvalue weighted by atomic mass is 16.2. The average Bonchev–Trinajstić information content (AvgIpc) is 2.19. The molecule has 1 unspecified atom stereocenters. The van der Waals surface area contributed by atoms with Crippen molar-refractivity contribution in [2.24, 2.45) is 5.92 Å². The van der Waals surface area contributed by atoms with Gasteiger partial charge in [0.15, 0.2) is 0 Å². The van der Waals surface area contributed by atoms with E-state index >= 15 is 0 Å². The van der Waals surface area contributed by atoms with Crippen LogP contribution in [0.25, 0.3) is 0 Å². The van der Waals surface area contributed by atoms with E-state index < -0.39 is 0 Å². The van der Waals surface area contributed by atoms with Crippen molar-refractivity contribution in [3.05, 3.63) is 0 Å². The fourth-order valence-electron chi connectivity index (χ4n) is 1.93. The monoisotopic (exact) mass is 198 g/mol. The van der Waals surface area contributed by atoms with Crippen molar-refractivity contribution in [2.45, 2.75) is 33.1 Å². The Morgan fingerprint density at radius 2 is 2.36 bits per heavy atom. The maximum atomic E-state index is 11.7. The van der Waals surface area contributed by atoms with Crippen molar-refractivity contribution in [1.82, 2.24) is 10.2 Å². The summed E-state index contributed by atoms with van der Waals surface area (Å²) in [5.74, 6) is 0.607. The van der Waals surface area contributed by atoms with E-state index in [-0.39, 0.29) is 5.92 Å². The zero-order chi connectivity index (χ0) is 10.4. The molecule has 0 aromatic heterocycles. The number of nitrogens with zero attached hydrogens (tertiary/aromatic N) is 1. The molecule has 0 aromatic rings. The summed E-state index contributed by atoms with van der Waals surface area (Å²) < 4.78 is 0. The molecule has 1 saturated heterocycles. The van der Waals surface area contributed by atoms with Crippen LogP contribution in [-0.4, -0.2) is 37.0 Å². The van der Waals surface area contributed by atoms with Gasteiger partial charge in [0.1, 0.15) is 0 Å². The van der Waals surface area contributed by atoms with Crippen molar-refractivity contribution in [3.63, 3.8) is 0 Å². The molecule has 0 spiro atoms. The first-order valence-corrected chi connectivity index (χ1v) is 5.75. The van der Waals surface area contributed by atoms with E-state index in [0.717, 1.165) is 39.0 Å². The lowest BCUT2D eigenvalue weighted by molar-refractivity contribution is -0.137. The van der Waals surface area contributed by atoms with Gasteiger partial charge in [0, 0.05) is 19.0 Å². The van der Waals surface area contributed by atoms with Crippen molar-refractivity contribution in [3.8, 4) is 0 Å². The summed E-state index contributed by atoms with van der Waals surface area (Å²) in [5.41, 5.74) is 0. The van der Waals surface area contributed by atoms with E-state index in [9.17, 15) is 4.79 Å². The molecule has 1 aliphatic heterocycles. The normalized spacial score (nSPS) is 22.9. The molecule has 1 rings (SSSR count). The Morgan fingerprint density at radius 1 is 1.57 bits per heavy atom. The minimum atomic E-state index is 0.253. The molecule has 0 radical (unpaired) electrons. The molecule has 82 valence electrons. The largest absolute Gasteiger partial charge is 0.342 e. The standard InChI is InChI=1S/C11H22N2O/c1-3-12-7-5-9-13-8-4-6-10(2)11(13)14/h10,12H,3-9H2,1-2H3. The minimum Gasteiger partial charge on any atom is -0.342 e. The number of amides is 1. The highest BCUT2D eigenvalue weighted by molar-refractivity contribution is 5.79. The van der Waals surface area contributed by atoms with Gasteiger partial charge in [-0.25, -0.2) is 0 Å². The topological polar surface area (TPSA) is 32.3 Å². The molecule has 1 fully saturated rings. The third kappa shape index (κ3) is 3.29. The number of likely N-dealkylation sites (tertiary alicyclic amines) is 1. The number of hydrogen-bond acceptors (Lipinski definition) is 2. The summed E-state index contributed by atoms with van der Waals surface area (Å²) >= 11 is 0. The smallest absolute Gasteiger partial charge is 0.225 e. The molecule has 0 aliphatic carbocycles. The van der Waals surface area contributed by atoms with E-state index in [4.69, 9.17) is 0 Å². The van der Waals surface area contributed by atoms with Gasteiger partial charge in [0.05, 0.1) is 0 Å². The predicted octanol–water partition coefficient (Wildman–Crippen LogP) is 1.24. The summed E-state index contributed by atoms with van der Waals surface area (Å²) in [5, 5.41) is 3.28. The van der Waals surface area contributed by atoms with Crippen molar-refractivity contribution in [1.29, 1.82) is 0 Å². The van der Waals surface area contributed by atoms with Crippen LogP contribution in [-0.2, 0) is 4.79 Å². The average molecular weight is 198 g/mol. The summed E-state index contributed by atoms with van der Waals surface area (Å²) in [7, 11) is 0. The summed E-state index contributed by atoms with van der Waals surface area (Å²) in [4.78, 5) is 13.7. The Hall–Kier alpha value is -0.570. The lowest BCUT2D eigenvalue weighted by Crippen LogP contribution is -2.41. The van der Waals surface area contributed by atoms with Gasteiger partial charge < -0.3 is 10.2 Å². The second-order valence-corrected chi connectivity index (χ2v) is 4.08. The van der Waals surface area contributed by atoms with Crippen LogP contribution in [0, 0.1) is 5.92 Å². The minimum absolute atomic E-state index is 0.253. The second-order valence-electron chi connectivity index (χ2n) is 4.08. The van der Waals surface area contributed by atoms with Crippen LogP contribution in [0.5, 0.6) is 0 Å². The molecular weight excluding hydrogens is 176 g/mol. The number of rotatable bonds is 5. The molecule has 3 nitrogen and oxygen atoms in total. The van der Waals surface area contributed by atoms with Gasteiger partial charge in [0.2, 0.25) is 5.91 Å². The van der Waals surface area contributed by atoms with E-state index in [1.807, 2.05) is 11.8 Å². The van der Waals surface area contributed by atoms with E-state index in [2.05, 4.69) is 12.2 Å². The first kappa shape index (κ1) is 11.5. The van der Waals surface area contributed by atoms with E-state index in [0.29, 0.717) is 5.91 Å². The fourth-order valence-corrected chi connectivity index (χ4v) is 1.93. The molecule has 3 heteroatoms. The summed E-state index contributed by atoms with van der Waals surface area (Å²) in [6.45, 7) is 8.08. The summed E-state index contributed by atoms with van der Waals surface area (Å²) in [6, 6.07) is 0.